The van der Waals surface area contributed by atoms with Gasteiger partial charge in [-0.3, -0.25) is 14.5 Å². The third-order valence-corrected chi connectivity index (χ3v) is 3.61. The Balaban J connectivity index is 2.04. The number of primary amides is 1. The van der Waals surface area contributed by atoms with Crippen LogP contribution in [0.15, 0.2) is 0 Å². The third-order valence-electron chi connectivity index (χ3n) is 3.61. The number of ketones is 1. The van der Waals surface area contributed by atoms with Gasteiger partial charge in [0.15, 0.2) is 0 Å². The van der Waals surface area contributed by atoms with Gasteiger partial charge in [0.1, 0.15) is 5.78 Å². The van der Waals surface area contributed by atoms with Crippen LogP contribution in [0.25, 0.3) is 0 Å². The standard InChI is InChI=1S/C11H18N2O2/c1-7(4-11(12)15)13-8-2-3-9(13)6-10(14)5-8/h7-9H,2-6H2,1H3,(H2,12,15). The number of fused-ring (bicyclic) bond motifs is 2. The number of amides is 1. The Bertz CT molecular complexity index is 274. The fourth-order valence-electron chi connectivity index (χ4n) is 3.12. The molecule has 0 radical (unpaired) electrons. The molecule has 84 valence electrons. The highest BCUT2D eigenvalue weighted by Crippen LogP contribution is 2.35. The van der Waals surface area contributed by atoms with Crippen molar-refractivity contribution in [2.45, 2.75) is 57.2 Å². The van der Waals surface area contributed by atoms with Gasteiger partial charge in [0.25, 0.3) is 0 Å². The van der Waals surface area contributed by atoms with Crippen LogP contribution in [0, 0.1) is 0 Å². The van der Waals surface area contributed by atoms with E-state index in [0.29, 0.717) is 37.1 Å². The molecule has 0 aromatic heterocycles. The van der Waals surface area contributed by atoms with Crippen LogP contribution in [0.1, 0.15) is 39.0 Å². The SMILES string of the molecule is CC(CC(N)=O)N1C2CCC1CC(=O)C2. The Labute approximate surface area is 89.8 Å². The van der Waals surface area contributed by atoms with E-state index in [1.165, 1.54) is 0 Å². The average molecular weight is 210 g/mol. The minimum Gasteiger partial charge on any atom is -0.370 e. The minimum atomic E-state index is -0.251. The number of nitrogens with zero attached hydrogens (tertiary/aromatic N) is 1. The van der Waals surface area contributed by atoms with Crippen molar-refractivity contribution >= 4 is 11.7 Å². The third kappa shape index (κ3) is 2.04. The molecule has 2 fully saturated rings. The quantitative estimate of drug-likeness (QED) is 0.735. The van der Waals surface area contributed by atoms with Crippen LogP contribution in [0.2, 0.25) is 0 Å². The Kier molecular flexibility index (Phi) is 2.78. The van der Waals surface area contributed by atoms with Crippen molar-refractivity contribution in [2.24, 2.45) is 5.73 Å². The number of hydrogen-bond acceptors (Lipinski definition) is 3. The number of rotatable bonds is 3. The zero-order chi connectivity index (χ0) is 11.0. The molecule has 4 nitrogen and oxygen atoms in total. The lowest BCUT2D eigenvalue weighted by Crippen LogP contribution is -2.49. The highest BCUT2D eigenvalue weighted by molar-refractivity contribution is 5.81. The van der Waals surface area contributed by atoms with Crippen molar-refractivity contribution in [1.82, 2.24) is 4.90 Å². The van der Waals surface area contributed by atoms with Gasteiger partial charge in [-0.1, -0.05) is 0 Å². The zero-order valence-corrected chi connectivity index (χ0v) is 9.11. The van der Waals surface area contributed by atoms with Crippen molar-refractivity contribution < 1.29 is 9.59 Å². The Morgan fingerprint density at radius 1 is 1.47 bits per heavy atom. The second-order valence-electron chi connectivity index (χ2n) is 4.80. The molecule has 2 bridgehead atoms. The zero-order valence-electron chi connectivity index (χ0n) is 9.11. The number of carbonyl (C=O) groups excluding carboxylic acids is 2. The van der Waals surface area contributed by atoms with Crippen molar-refractivity contribution in [3.05, 3.63) is 0 Å². The summed E-state index contributed by atoms with van der Waals surface area (Å²) in [5, 5.41) is 0. The molecule has 4 heteroatoms. The van der Waals surface area contributed by atoms with E-state index in [-0.39, 0.29) is 11.9 Å². The lowest BCUT2D eigenvalue weighted by Gasteiger charge is -2.38. The van der Waals surface area contributed by atoms with Crippen LogP contribution in [0.3, 0.4) is 0 Å². The van der Waals surface area contributed by atoms with Gasteiger partial charge in [0.2, 0.25) is 5.91 Å². The van der Waals surface area contributed by atoms with E-state index in [0.717, 1.165) is 12.8 Å². The van der Waals surface area contributed by atoms with Gasteiger partial charge < -0.3 is 5.73 Å². The van der Waals surface area contributed by atoms with E-state index in [9.17, 15) is 9.59 Å². The average Bonchev–Trinajstić information content (AvgIpc) is 2.38. The molecular formula is C11H18N2O2. The minimum absolute atomic E-state index is 0.188. The summed E-state index contributed by atoms with van der Waals surface area (Å²) in [6, 6.07) is 0.921. The smallest absolute Gasteiger partial charge is 0.218 e. The summed E-state index contributed by atoms with van der Waals surface area (Å²) in [7, 11) is 0. The van der Waals surface area contributed by atoms with E-state index in [2.05, 4.69) is 4.90 Å². The second kappa shape index (κ2) is 3.93. The number of carbonyl (C=O) groups is 2. The van der Waals surface area contributed by atoms with E-state index in [1.807, 2.05) is 6.92 Å². The van der Waals surface area contributed by atoms with Crippen LogP contribution in [-0.4, -0.2) is 34.7 Å². The summed E-state index contributed by atoms with van der Waals surface area (Å²) in [6.07, 6.45) is 3.93. The molecule has 3 atom stereocenters. The van der Waals surface area contributed by atoms with Crippen molar-refractivity contribution in [2.75, 3.05) is 0 Å². The number of piperidine rings is 1. The summed E-state index contributed by atoms with van der Waals surface area (Å²) in [4.78, 5) is 24.6. The van der Waals surface area contributed by atoms with Crippen molar-refractivity contribution in [3.8, 4) is 0 Å². The monoisotopic (exact) mass is 210 g/mol. The molecule has 0 aliphatic carbocycles. The second-order valence-corrected chi connectivity index (χ2v) is 4.80. The van der Waals surface area contributed by atoms with E-state index < -0.39 is 0 Å². The molecule has 2 saturated heterocycles. The molecule has 0 aromatic carbocycles. The summed E-state index contributed by atoms with van der Waals surface area (Å²) >= 11 is 0. The Morgan fingerprint density at radius 2 is 2.00 bits per heavy atom. The van der Waals surface area contributed by atoms with E-state index >= 15 is 0 Å². The largest absolute Gasteiger partial charge is 0.370 e. The van der Waals surface area contributed by atoms with Crippen molar-refractivity contribution in [1.29, 1.82) is 0 Å². The predicted molar refractivity (Wildman–Crippen MR) is 56.2 cm³/mol. The first-order chi connectivity index (χ1) is 7.08. The molecule has 15 heavy (non-hydrogen) atoms. The first-order valence-corrected chi connectivity index (χ1v) is 5.65. The molecule has 0 spiro atoms. The lowest BCUT2D eigenvalue weighted by molar-refractivity contribution is -0.125. The normalized spacial score (nSPS) is 33.0. The summed E-state index contributed by atoms with van der Waals surface area (Å²) < 4.78 is 0. The summed E-state index contributed by atoms with van der Waals surface area (Å²) in [5.74, 6) is 0.129. The molecule has 2 N–H and O–H groups in total. The number of hydrogen-bond donors (Lipinski definition) is 1. The number of nitrogens with two attached hydrogens (primary N) is 1. The summed E-state index contributed by atoms with van der Waals surface area (Å²) in [5.41, 5.74) is 5.21. The highest BCUT2D eigenvalue weighted by atomic mass is 16.1. The first-order valence-electron chi connectivity index (χ1n) is 5.65. The van der Waals surface area contributed by atoms with Crippen molar-refractivity contribution in [3.63, 3.8) is 0 Å². The predicted octanol–water partition coefficient (Wildman–Crippen LogP) is 0.446. The Hall–Kier alpha value is -0.900. The van der Waals surface area contributed by atoms with E-state index in [4.69, 9.17) is 5.73 Å². The van der Waals surface area contributed by atoms with Crippen LogP contribution in [-0.2, 0) is 9.59 Å². The van der Waals surface area contributed by atoms with Gasteiger partial charge in [-0.25, -0.2) is 0 Å². The maximum absolute atomic E-state index is 11.4. The molecule has 1 amide bonds. The topological polar surface area (TPSA) is 63.4 Å². The van der Waals surface area contributed by atoms with Gasteiger partial charge in [-0.2, -0.15) is 0 Å². The van der Waals surface area contributed by atoms with Gasteiger partial charge in [-0.15, -0.1) is 0 Å². The molecule has 0 aromatic rings. The maximum atomic E-state index is 11.4. The molecule has 2 aliphatic rings. The van der Waals surface area contributed by atoms with Gasteiger partial charge in [-0.05, 0) is 19.8 Å². The number of Topliss-reactive ketones (excluding diaryl/α,β-unsaturated/α-hetero) is 1. The molecular weight excluding hydrogens is 192 g/mol. The molecule has 0 saturated carbocycles. The van der Waals surface area contributed by atoms with Crippen LogP contribution in [0.4, 0.5) is 0 Å². The molecule has 2 heterocycles. The van der Waals surface area contributed by atoms with Gasteiger partial charge in [0.05, 0.1) is 0 Å². The fourth-order valence-corrected chi connectivity index (χ4v) is 3.12. The fraction of sp³-hybridized carbons (Fsp3) is 0.818. The van der Waals surface area contributed by atoms with E-state index in [1.54, 1.807) is 0 Å². The molecule has 3 unspecified atom stereocenters. The lowest BCUT2D eigenvalue weighted by atomic mass is 9.98. The molecule has 2 aliphatic heterocycles. The van der Waals surface area contributed by atoms with Gasteiger partial charge in [0, 0.05) is 37.4 Å². The van der Waals surface area contributed by atoms with Gasteiger partial charge >= 0.3 is 0 Å². The van der Waals surface area contributed by atoms with Crippen LogP contribution in [0.5, 0.6) is 0 Å². The maximum Gasteiger partial charge on any atom is 0.218 e. The highest BCUT2D eigenvalue weighted by Gasteiger charge is 2.42. The van der Waals surface area contributed by atoms with Crippen LogP contribution < -0.4 is 5.73 Å². The van der Waals surface area contributed by atoms with Crippen LogP contribution >= 0.6 is 0 Å². The first kappa shape index (κ1) is 10.6. The Morgan fingerprint density at radius 3 is 2.47 bits per heavy atom. The summed E-state index contributed by atoms with van der Waals surface area (Å²) in [6.45, 7) is 2.03. The molecule has 2 rings (SSSR count).